The van der Waals surface area contributed by atoms with Gasteiger partial charge in [-0.05, 0) is 62.4 Å². The molecule has 0 atom stereocenters. The third kappa shape index (κ3) is 6.16. The Morgan fingerprint density at radius 1 is 0.903 bits per heavy atom. The molecule has 3 aromatic carbocycles. The maximum absolute atomic E-state index is 12.5. The van der Waals surface area contributed by atoms with E-state index < -0.39 is 15.9 Å². The molecule has 0 saturated carbocycles. The molecule has 0 aliphatic heterocycles. The van der Waals surface area contributed by atoms with Crippen molar-refractivity contribution < 1.29 is 22.7 Å². The Bertz CT molecular complexity index is 1190. The average molecular weight is 439 g/mol. The SMILES string of the molecule is CC(=O)c1cccc(NC(=O)COc2ccc(S(=O)(=O)Nc3ccc(C)cc3)cc2)c1. The van der Waals surface area contributed by atoms with Crippen LogP contribution in [0, 0.1) is 6.92 Å². The number of ether oxygens (including phenoxy) is 1. The van der Waals surface area contributed by atoms with Crippen LogP contribution in [0.3, 0.4) is 0 Å². The van der Waals surface area contributed by atoms with Gasteiger partial charge in [0.2, 0.25) is 0 Å². The summed E-state index contributed by atoms with van der Waals surface area (Å²) < 4.78 is 32.9. The monoisotopic (exact) mass is 438 g/mol. The molecule has 7 nitrogen and oxygen atoms in total. The van der Waals surface area contributed by atoms with Crippen molar-refractivity contribution >= 4 is 33.1 Å². The Labute approximate surface area is 181 Å². The van der Waals surface area contributed by atoms with Gasteiger partial charge in [-0.2, -0.15) is 0 Å². The van der Waals surface area contributed by atoms with Crippen molar-refractivity contribution in [2.75, 3.05) is 16.6 Å². The summed E-state index contributed by atoms with van der Waals surface area (Å²) in [6.07, 6.45) is 0. The van der Waals surface area contributed by atoms with E-state index in [1.807, 2.05) is 19.1 Å². The van der Waals surface area contributed by atoms with Gasteiger partial charge >= 0.3 is 0 Å². The lowest BCUT2D eigenvalue weighted by atomic mass is 10.1. The van der Waals surface area contributed by atoms with E-state index >= 15 is 0 Å². The molecule has 0 aliphatic carbocycles. The van der Waals surface area contributed by atoms with Crippen LogP contribution in [0.5, 0.6) is 5.75 Å². The minimum atomic E-state index is -3.74. The Hall–Kier alpha value is -3.65. The summed E-state index contributed by atoms with van der Waals surface area (Å²) in [5.74, 6) is -0.153. The predicted molar refractivity (Wildman–Crippen MR) is 119 cm³/mol. The molecular weight excluding hydrogens is 416 g/mol. The number of rotatable bonds is 8. The molecule has 0 saturated heterocycles. The van der Waals surface area contributed by atoms with Gasteiger partial charge in [0.1, 0.15) is 5.75 Å². The Morgan fingerprint density at radius 2 is 1.58 bits per heavy atom. The molecule has 0 bridgehead atoms. The molecule has 0 unspecified atom stereocenters. The van der Waals surface area contributed by atoms with Crippen molar-refractivity contribution in [3.8, 4) is 5.75 Å². The van der Waals surface area contributed by atoms with E-state index in [-0.39, 0.29) is 17.3 Å². The first-order valence-electron chi connectivity index (χ1n) is 9.46. The average Bonchev–Trinajstić information content (AvgIpc) is 2.74. The lowest BCUT2D eigenvalue weighted by Crippen LogP contribution is -2.20. The topological polar surface area (TPSA) is 102 Å². The highest BCUT2D eigenvalue weighted by Gasteiger charge is 2.14. The maximum atomic E-state index is 12.5. The van der Waals surface area contributed by atoms with Crippen molar-refractivity contribution in [1.82, 2.24) is 0 Å². The Kier molecular flexibility index (Phi) is 6.71. The summed E-state index contributed by atoms with van der Waals surface area (Å²) in [7, 11) is -3.74. The van der Waals surface area contributed by atoms with Crippen LogP contribution in [0.15, 0.2) is 77.7 Å². The zero-order valence-electron chi connectivity index (χ0n) is 17.1. The number of ketones is 1. The molecule has 0 fully saturated rings. The van der Waals surface area contributed by atoms with Crippen molar-refractivity contribution in [3.05, 3.63) is 83.9 Å². The van der Waals surface area contributed by atoms with Crippen LogP contribution in [-0.4, -0.2) is 26.7 Å². The summed E-state index contributed by atoms with van der Waals surface area (Å²) >= 11 is 0. The Morgan fingerprint density at radius 3 is 2.23 bits per heavy atom. The fourth-order valence-electron chi connectivity index (χ4n) is 2.71. The van der Waals surface area contributed by atoms with Gasteiger partial charge in [-0.3, -0.25) is 14.3 Å². The number of hydrogen-bond acceptors (Lipinski definition) is 5. The second-order valence-corrected chi connectivity index (χ2v) is 8.60. The van der Waals surface area contributed by atoms with Crippen LogP contribution in [0.2, 0.25) is 0 Å². The molecule has 0 radical (unpaired) electrons. The molecule has 3 aromatic rings. The normalized spacial score (nSPS) is 10.9. The fourth-order valence-corrected chi connectivity index (χ4v) is 3.77. The second-order valence-electron chi connectivity index (χ2n) is 6.92. The predicted octanol–water partition coefficient (Wildman–Crippen LogP) is 4.02. The molecule has 0 aromatic heterocycles. The van der Waals surface area contributed by atoms with Crippen LogP contribution in [0.4, 0.5) is 11.4 Å². The van der Waals surface area contributed by atoms with Crippen LogP contribution in [0.1, 0.15) is 22.8 Å². The number of sulfonamides is 1. The van der Waals surface area contributed by atoms with Crippen LogP contribution in [0.25, 0.3) is 0 Å². The molecule has 2 N–H and O–H groups in total. The first kappa shape index (κ1) is 22.0. The number of Topliss-reactive ketones (excluding diaryl/α,β-unsaturated/α-hetero) is 1. The zero-order valence-corrected chi connectivity index (χ0v) is 17.9. The molecular formula is C23H22N2O5S. The van der Waals surface area contributed by atoms with Crippen LogP contribution >= 0.6 is 0 Å². The summed E-state index contributed by atoms with van der Waals surface area (Å²) in [5, 5.41) is 2.65. The molecule has 3 rings (SSSR count). The second kappa shape index (κ2) is 9.44. The molecule has 160 valence electrons. The quantitative estimate of drug-likeness (QED) is 0.518. The fraction of sp³-hybridized carbons (Fsp3) is 0.130. The molecule has 8 heteroatoms. The molecule has 0 heterocycles. The highest BCUT2D eigenvalue weighted by Crippen LogP contribution is 2.20. The summed E-state index contributed by atoms with van der Waals surface area (Å²) in [6.45, 7) is 3.10. The minimum absolute atomic E-state index is 0.0749. The molecule has 0 aliphatic rings. The van der Waals surface area contributed by atoms with E-state index in [1.165, 1.54) is 31.2 Å². The van der Waals surface area contributed by atoms with E-state index in [1.54, 1.807) is 36.4 Å². The summed E-state index contributed by atoms with van der Waals surface area (Å²) in [6, 6.07) is 19.4. The van der Waals surface area contributed by atoms with Gasteiger partial charge < -0.3 is 10.1 Å². The first-order valence-corrected chi connectivity index (χ1v) is 10.9. The summed E-state index contributed by atoms with van der Waals surface area (Å²) in [5.41, 5.74) is 2.48. The van der Waals surface area contributed by atoms with Gasteiger partial charge in [-0.25, -0.2) is 8.42 Å². The van der Waals surface area contributed by atoms with Crippen LogP contribution < -0.4 is 14.8 Å². The smallest absolute Gasteiger partial charge is 0.262 e. The number of carbonyl (C=O) groups excluding carboxylic acids is 2. The van der Waals surface area contributed by atoms with E-state index in [9.17, 15) is 18.0 Å². The highest BCUT2D eigenvalue weighted by atomic mass is 32.2. The van der Waals surface area contributed by atoms with E-state index in [0.717, 1.165) is 5.56 Å². The number of amides is 1. The number of benzene rings is 3. The third-order valence-electron chi connectivity index (χ3n) is 4.36. The number of anilines is 2. The number of aryl methyl sites for hydroxylation is 1. The zero-order chi connectivity index (χ0) is 22.4. The van der Waals surface area contributed by atoms with Crippen molar-refractivity contribution in [1.29, 1.82) is 0 Å². The minimum Gasteiger partial charge on any atom is -0.484 e. The van der Waals surface area contributed by atoms with Gasteiger partial charge in [-0.15, -0.1) is 0 Å². The van der Waals surface area contributed by atoms with Gasteiger partial charge in [-0.1, -0.05) is 29.8 Å². The third-order valence-corrected chi connectivity index (χ3v) is 5.76. The van der Waals surface area contributed by atoms with Gasteiger partial charge in [0.05, 0.1) is 4.90 Å². The lowest BCUT2D eigenvalue weighted by Gasteiger charge is -2.10. The molecule has 1 amide bonds. The van der Waals surface area contributed by atoms with Crippen LogP contribution in [-0.2, 0) is 14.8 Å². The number of nitrogens with one attached hydrogen (secondary N) is 2. The summed E-state index contributed by atoms with van der Waals surface area (Å²) in [4.78, 5) is 23.6. The molecule has 31 heavy (non-hydrogen) atoms. The number of hydrogen-bond donors (Lipinski definition) is 2. The van der Waals surface area contributed by atoms with Gasteiger partial charge in [0.25, 0.3) is 15.9 Å². The largest absolute Gasteiger partial charge is 0.484 e. The van der Waals surface area contributed by atoms with E-state index in [2.05, 4.69) is 10.0 Å². The van der Waals surface area contributed by atoms with Crippen molar-refractivity contribution in [2.45, 2.75) is 18.7 Å². The highest BCUT2D eigenvalue weighted by molar-refractivity contribution is 7.92. The Balaban J connectivity index is 1.57. The van der Waals surface area contributed by atoms with Crippen molar-refractivity contribution in [2.24, 2.45) is 0 Å². The number of carbonyl (C=O) groups is 2. The van der Waals surface area contributed by atoms with Gasteiger partial charge in [0, 0.05) is 16.9 Å². The van der Waals surface area contributed by atoms with Gasteiger partial charge in [0.15, 0.2) is 12.4 Å². The molecule has 0 spiro atoms. The lowest BCUT2D eigenvalue weighted by molar-refractivity contribution is -0.118. The van der Waals surface area contributed by atoms with E-state index in [4.69, 9.17) is 4.74 Å². The standard InChI is InChI=1S/C23H22N2O5S/c1-16-6-8-19(9-7-16)25-31(28,29)22-12-10-21(11-13-22)30-15-23(27)24-20-5-3-4-18(14-20)17(2)26/h3-14,25H,15H2,1-2H3,(H,24,27). The first-order chi connectivity index (χ1) is 14.7. The van der Waals surface area contributed by atoms with E-state index in [0.29, 0.717) is 22.7 Å². The van der Waals surface area contributed by atoms with Crippen molar-refractivity contribution in [3.63, 3.8) is 0 Å². The maximum Gasteiger partial charge on any atom is 0.262 e.